The van der Waals surface area contributed by atoms with Gasteiger partial charge in [0.25, 0.3) is 0 Å². The summed E-state index contributed by atoms with van der Waals surface area (Å²) in [4.78, 5) is 16.5. The molecule has 0 bridgehead atoms. The number of benzene rings is 1. The Morgan fingerprint density at radius 1 is 1.08 bits per heavy atom. The van der Waals surface area contributed by atoms with Gasteiger partial charge in [-0.15, -0.1) is 0 Å². The molecular weight excluding hydrogens is 326 g/mol. The minimum Gasteiger partial charge on any atom is -0.377 e. The average Bonchev–Trinajstić information content (AvgIpc) is 3.31. The quantitative estimate of drug-likeness (QED) is 0.880. The number of anilines is 2. The first-order valence-corrected chi connectivity index (χ1v) is 10.2. The fourth-order valence-electron chi connectivity index (χ4n) is 4.50. The zero-order valence-electron chi connectivity index (χ0n) is 15.8. The topological polar surface area (TPSA) is 44.8 Å². The highest BCUT2D eigenvalue weighted by Gasteiger charge is 2.29. The zero-order chi connectivity index (χ0) is 17.9. The molecule has 4 rings (SSSR count). The van der Waals surface area contributed by atoms with Gasteiger partial charge in [-0.25, -0.2) is 0 Å². The summed E-state index contributed by atoms with van der Waals surface area (Å²) < 4.78 is 5.70. The SMILES string of the molecule is CC1CCC(=O)N1c1ccc(N2CCC(NC[C@H]3CCCO3)CC2)cc1. The maximum atomic E-state index is 12.1. The van der Waals surface area contributed by atoms with Crippen molar-refractivity contribution in [3.63, 3.8) is 0 Å². The Morgan fingerprint density at radius 2 is 1.81 bits per heavy atom. The van der Waals surface area contributed by atoms with Gasteiger partial charge in [-0.05, 0) is 63.3 Å². The maximum absolute atomic E-state index is 12.1. The van der Waals surface area contributed by atoms with Crippen molar-refractivity contribution in [3.8, 4) is 0 Å². The van der Waals surface area contributed by atoms with Crippen LogP contribution in [-0.2, 0) is 9.53 Å². The monoisotopic (exact) mass is 357 g/mol. The van der Waals surface area contributed by atoms with Crippen molar-refractivity contribution in [1.29, 1.82) is 0 Å². The third-order valence-corrected chi connectivity index (χ3v) is 6.13. The number of piperidine rings is 1. The number of nitrogens with one attached hydrogen (secondary N) is 1. The summed E-state index contributed by atoms with van der Waals surface area (Å²) in [6.07, 6.45) is 6.84. The first kappa shape index (κ1) is 17.8. The van der Waals surface area contributed by atoms with Crippen LogP contribution in [0.3, 0.4) is 0 Å². The Hall–Kier alpha value is -1.59. The molecule has 3 heterocycles. The van der Waals surface area contributed by atoms with Crippen LogP contribution in [0.25, 0.3) is 0 Å². The van der Waals surface area contributed by atoms with Crippen LogP contribution >= 0.6 is 0 Å². The summed E-state index contributed by atoms with van der Waals surface area (Å²) in [5.41, 5.74) is 2.31. The highest BCUT2D eigenvalue weighted by molar-refractivity contribution is 5.96. The Morgan fingerprint density at radius 3 is 2.42 bits per heavy atom. The van der Waals surface area contributed by atoms with E-state index in [1.54, 1.807) is 0 Å². The predicted octanol–water partition coefficient (Wildman–Crippen LogP) is 2.94. The number of ether oxygens (including phenoxy) is 1. The number of carbonyl (C=O) groups excluding carboxylic acids is 1. The standard InChI is InChI=1S/C21H31N3O2/c1-16-4-9-21(25)24(16)19-7-5-18(6-8-19)23-12-10-17(11-13-23)22-15-20-3-2-14-26-20/h5-8,16-17,20,22H,2-4,9-15H2,1H3/t16?,20-/m1/s1. The van der Waals surface area contributed by atoms with Crippen molar-refractivity contribution in [2.45, 2.75) is 63.6 Å². The predicted molar refractivity (Wildman–Crippen MR) is 105 cm³/mol. The van der Waals surface area contributed by atoms with E-state index in [-0.39, 0.29) is 5.91 Å². The van der Waals surface area contributed by atoms with Gasteiger partial charge in [0.15, 0.2) is 0 Å². The van der Waals surface area contributed by atoms with E-state index < -0.39 is 0 Å². The lowest BCUT2D eigenvalue weighted by Crippen LogP contribution is -2.44. The Labute approximate surface area is 156 Å². The van der Waals surface area contributed by atoms with Crippen LogP contribution in [0.1, 0.15) is 45.4 Å². The lowest BCUT2D eigenvalue weighted by Gasteiger charge is -2.34. The molecule has 1 aromatic carbocycles. The normalized spacial score (nSPS) is 27.5. The van der Waals surface area contributed by atoms with Gasteiger partial charge >= 0.3 is 0 Å². The molecule has 1 N–H and O–H groups in total. The van der Waals surface area contributed by atoms with Gasteiger partial charge < -0.3 is 19.9 Å². The van der Waals surface area contributed by atoms with Gasteiger partial charge in [0, 0.05) is 56.1 Å². The van der Waals surface area contributed by atoms with E-state index in [2.05, 4.69) is 41.4 Å². The highest BCUT2D eigenvalue weighted by atomic mass is 16.5. The van der Waals surface area contributed by atoms with E-state index in [1.807, 2.05) is 4.90 Å². The van der Waals surface area contributed by atoms with Crippen LogP contribution in [0.5, 0.6) is 0 Å². The Bertz CT molecular complexity index is 604. The minimum atomic E-state index is 0.253. The molecule has 3 aliphatic heterocycles. The van der Waals surface area contributed by atoms with Gasteiger partial charge in [0.05, 0.1) is 6.10 Å². The van der Waals surface area contributed by atoms with Crippen molar-refractivity contribution >= 4 is 17.3 Å². The van der Waals surface area contributed by atoms with Crippen LogP contribution in [0.15, 0.2) is 24.3 Å². The van der Waals surface area contributed by atoms with Crippen molar-refractivity contribution < 1.29 is 9.53 Å². The Kier molecular flexibility index (Phi) is 5.46. The third kappa shape index (κ3) is 3.89. The van der Waals surface area contributed by atoms with Gasteiger partial charge in [-0.1, -0.05) is 0 Å². The average molecular weight is 357 g/mol. The van der Waals surface area contributed by atoms with Crippen molar-refractivity contribution in [2.75, 3.05) is 36.0 Å². The molecule has 1 unspecified atom stereocenters. The summed E-state index contributed by atoms with van der Waals surface area (Å²) >= 11 is 0. The largest absolute Gasteiger partial charge is 0.377 e. The third-order valence-electron chi connectivity index (χ3n) is 6.13. The number of hydrogen-bond donors (Lipinski definition) is 1. The second-order valence-corrected chi connectivity index (χ2v) is 7.97. The molecule has 0 spiro atoms. The second-order valence-electron chi connectivity index (χ2n) is 7.97. The van der Waals surface area contributed by atoms with Gasteiger partial charge in [-0.2, -0.15) is 0 Å². The molecule has 5 heteroatoms. The fourth-order valence-corrected chi connectivity index (χ4v) is 4.50. The first-order chi connectivity index (χ1) is 12.7. The molecule has 5 nitrogen and oxygen atoms in total. The van der Waals surface area contributed by atoms with Crippen LogP contribution < -0.4 is 15.1 Å². The van der Waals surface area contributed by atoms with E-state index >= 15 is 0 Å². The lowest BCUT2D eigenvalue weighted by molar-refractivity contribution is -0.117. The van der Waals surface area contributed by atoms with Gasteiger partial charge in [-0.3, -0.25) is 4.79 Å². The maximum Gasteiger partial charge on any atom is 0.227 e. The van der Waals surface area contributed by atoms with Crippen LogP contribution in [0.2, 0.25) is 0 Å². The number of nitrogens with zero attached hydrogens (tertiary/aromatic N) is 2. The van der Waals surface area contributed by atoms with Crippen LogP contribution in [0, 0.1) is 0 Å². The molecule has 2 atom stereocenters. The van der Waals surface area contributed by atoms with Crippen LogP contribution in [0.4, 0.5) is 11.4 Å². The highest BCUT2D eigenvalue weighted by Crippen LogP contribution is 2.29. The molecule has 3 fully saturated rings. The smallest absolute Gasteiger partial charge is 0.227 e. The number of rotatable bonds is 5. The molecule has 26 heavy (non-hydrogen) atoms. The van der Waals surface area contributed by atoms with E-state index in [9.17, 15) is 4.79 Å². The first-order valence-electron chi connectivity index (χ1n) is 10.2. The molecule has 0 saturated carbocycles. The molecule has 142 valence electrons. The van der Waals surface area contributed by atoms with E-state index in [0.717, 1.165) is 38.3 Å². The van der Waals surface area contributed by atoms with Crippen molar-refractivity contribution in [2.24, 2.45) is 0 Å². The van der Waals surface area contributed by atoms with Crippen molar-refractivity contribution in [3.05, 3.63) is 24.3 Å². The Balaban J connectivity index is 1.28. The molecular formula is C21H31N3O2. The lowest BCUT2D eigenvalue weighted by atomic mass is 10.0. The van der Waals surface area contributed by atoms with Crippen molar-refractivity contribution in [1.82, 2.24) is 5.32 Å². The summed E-state index contributed by atoms with van der Waals surface area (Å²) in [6, 6.07) is 9.49. The summed E-state index contributed by atoms with van der Waals surface area (Å²) in [6.45, 7) is 6.24. The number of hydrogen-bond acceptors (Lipinski definition) is 4. The second kappa shape index (κ2) is 7.97. The number of amides is 1. The minimum absolute atomic E-state index is 0.253. The number of carbonyl (C=O) groups is 1. The zero-order valence-corrected chi connectivity index (χ0v) is 15.8. The summed E-state index contributed by atoms with van der Waals surface area (Å²) in [5, 5.41) is 3.70. The molecule has 0 radical (unpaired) electrons. The summed E-state index contributed by atoms with van der Waals surface area (Å²) in [5.74, 6) is 0.253. The van der Waals surface area contributed by atoms with E-state index in [0.29, 0.717) is 24.6 Å². The van der Waals surface area contributed by atoms with Gasteiger partial charge in [0.2, 0.25) is 5.91 Å². The van der Waals surface area contributed by atoms with E-state index in [4.69, 9.17) is 4.74 Å². The van der Waals surface area contributed by atoms with E-state index in [1.165, 1.54) is 31.4 Å². The fraction of sp³-hybridized carbons (Fsp3) is 0.667. The molecule has 0 aromatic heterocycles. The molecule has 1 amide bonds. The molecule has 3 saturated heterocycles. The molecule has 1 aromatic rings. The van der Waals surface area contributed by atoms with Gasteiger partial charge in [0.1, 0.15) is 0 Å². The molecule has 0 aliphatic carbocycles. The summed E-state index contributed by atoms with van der Waals surface area (Å²) in [7, 11) is 0. The van der Waals surface area contributed by atoms with Crippen LogP contribution in [-0.4, -0.2) is 50.3 Å². The molecule has 3 aliphatic rings.